The molecule has 1 aromatic carbocycles. The van der Waals surface area contributed by atoms with Gasteiger partial charge in [0, 0.05) is 12.6 Å². The molecule has 4 heteroatoms. The Kier molecular flexibility index (Phi) is 3.76. The molecule has 0 spiro atoms. The van der Waals surface area contributed by atoms with E-state index in [9.17, 15) is 9.18 Å². The van der Waals surface area contributed by atoms with Crippen molar-refractivity contribution in [3.8, 4) is 0 Å². The molecule has 1 fully saturated rings. The van der Waals surface area contributed by atoms with Crippen LogP contribution in [0.1, 0.15) is 32.3 Å². The standard InChI is InChI=1S/C14H17BrFNO/c1-14(2,15)13(18)17(12-7-8-12)9-10-3-5-11(16)6-4-10/h3-6,12H,7-9H2,1-2H3. The van der Waals surface area contributed by atoms with Crippen LogP contribution in [0.3, 0.4) is 0 Å². The van der Waals surface area contributed by atoms with Crippen LogP contribution in [0.25, 0.3) is 0 Å². The molecule has 0 atom stereocenters. The lowest BCUT2D eigenvalue weighted by Gasteiger charge is -2.28. The smallest absolute Gasteiger partial charge is 0.239 e. The molecule has 1 aliphatic rings. The van der Waals surface area contributed by atoms with Gasteiger partial charge in [0.2, 0.25) is 5.91 Å². The van der Waals surface area contributed by atoms with Crippen LogP contribution >= 0.6 is 15.9 Å². The van der Waals surface area contributed by atoms with Crippen LogP contribution in [-0.4, -0.2) is 21.2 Å². The molecule has 0 aromatic heterocycles. The summed E-state index contributed by atoms with van der Waals surface area (Å²) in [5, 5.41) is 0. The van der Waals surface area contributed by atoms with E-state index in [1.54, 1.807) is 12.1 Å². The van der Waals surface area contributed by atoms with Crippen LogP contribution in [0.4, 0.5) is 4.39 Å². The predicted molar refractivity (Wildman–Crippen MR) is 73.0 cm³/mol. The molecule has 18 heavy (non-hydrogen) atoms. The molecule has 2 nitrogen and oxygen atoms in total. The summed E-state index contributed by atoms with van der Waals surface area (Å²) in [5.74, 6) is -0.154. The number of nitrogens with zero attached hydrogens (tertiary/aromatic N) is 1. The van der Waals surface area contributed by atoms with E-state index in [-0.39, 0.29) is 11.7 Å². The summed E-state index contributed by atoms with van der Waals surface area (Å²) >= 11 is 3.41. The average Bonchev–Trinajstić information content (AvgIpc) is 3.10. The molecule has 98 valence electrons. The Balaban J connectivity index is 2.12. The summed E-state index contributed by atoms with van der Waals surface area (Å²) in [4.78, 5) is 14.2. The minimum Gasteiger partial charge on any atom is -0.334 e. The number of hydrogen-bond donors (Lipinski definition) is 0. The molecule has 1 aliphatic carbocycles. The molecule has 1 aromatic rings. The maximum absolute atomic E-state index is 12.9. The third-order valence-corrected chi connectivity index (χ3v) is 3.36. The molecule has 0 N–H and O–H groups in total. The van der Waals surface area contributed by atoms with Gasteiger partial charge in [-0.2, -0.15) is 0 Å². The van der Waals surface area contributed by atoms with Crippen molar-refractivity contribution >= 4 is 21.8 Å². The lowest BCUT2D eigenvalue weighted by Crippen LogP contribution is -2.42. The van der Waals surface area contributed by atoms with Crippen molar-refractivity contribution in [3.63, 3.8) is 0 Å². The number of amides is 1. The molecule has 0 unspecified atom stereocenters. The zero-order valence-electron chi connectivity index (χ0n) is 10.6. The van der Waals surface area contributed by atoms with Gasteiger partial charge in [-0.15, -0.1) is 0 Å². The van der Waals surface area contributed by atoms with Gasteiger partial charge in [0.15, 0.2) is 0 Å². The van der Waals surface area contributed by atoms with Gasteiger partial charge in [-0.25, -0.2) is 4.39 Å². The van der Waals surface area contributed by atoms with E-state index in [0.29, 0.717) is 12.6 Å². The molecule has 0 aliphatic heterocycles. The van der Waals surface area contributed by atoms with E-state index < -0.39 is 4.32 Å². The maximum Gasteiger partial charge on any atom is 0.239 e. The maximum atomic E-state index is 12.9. The molecule has 0 radical (unpaired) electrons. The van der Waals surface area contributed by atoms with Gasteiger partial charge in [-0.3, -0.25) is 4.79 Å². The molecular weight excluding hydrogens is 297 g/mol. The number of carbonyl (C=O) groups is 1. The SMILES string of the molecule is CC(C)(Br)C(=O)N(Cc1ccc(F)cc1)C1CC1. The van der Waals surface area contributed by atoms with Gasteiger partial charge in [-0.1, -0.05) is 28.1 Å². The normalized spacial score (nSPS) is 15.6. The van der Waals surface area contributed by atoms with Crippen molar-refractivity contribution in [2.45, 2.75) is 43.6 Å². The summed E-state index contributed by atoms with van der Waals surface area (Å²) in [5.41, 5.74) is 0.966. The quantitative estimate of drug-likeness (QED) is 0.779. The number of halogens is 2. The van der Waals surface area contributed by atoms with Gasteiger partial charge in [-0.05, 0) is 44.4 Å². The molecule has 1 saturated carbocycles. The second-order valence-corrected chi connectivity index (χ2v) is 7.25. The van der Waals surface area contributed by atoms with Crippen LogP contribution < -0.4 is 0 Å². The number of rotatable bonds is 4. The molecule has 1 amide bonds. The van der Waals surface area contributed by atoms with E-state index in [4.69, 9.17) is 0 Å². The average molecular weight is 314 g/mol. The molecular formula is C14H17BrFNO. The predicted octanol–water partition coefficient (Wildman–Crippen LogP) is 3.49. The fourth-order valence-electron chi connectivity index (χ4n) is 1.88. The fraction of sp³-hybridized carbons (Fsp3) is 0.500. The van der Waals surface area contributed by atoms with Gasteiger partial charge < -0.3 is 4.90 Å². The third kappa shape index (κ3) is 3.31. The molecule has 0 saturated heterocycles. The second kappa shape index (κ2) is 5.00. The van der Waals surface area contributed by atoms with Crippen molar-refractivity contribution < 1.29 is 9.18 Å². The fourth-order valence-corrected chi connectivity index (χ4v) is 2.11. The van der Waals surface area contributed by atoms with E-state index in [0.717, 1.165) is 18.4 Å². The summed E-state index contributed by atoms with van der Waals surface area (Å²) in [6.07, 6.45) is 2.13. The minimum atomic E-state index is -0.546. The van der Waals surface area contributed by atoms with Crippen LogP contribution in [0.5, 0.6) is 0 Å². The van der Waals surface area contributed by atoms with Crippen LogP contribution in [-0.2, 0) is 11.3 Å². The molecule has 2 rings (SSSR count). The van der Waals surface area contributed by atoms with Crippen molar-refractivity contribution in [2.24, 2.45) is 0 Å². The summed E-state index contributed by atoms with van der Waals surface area (Å²) in [6.45, 7) is 4.27. The van der Waals surface area contributed by atoms with E-state index >= 15 is 0 Å². The largest absolute Gasteiger partial charge is 0.334 e. The second-order valence-electron chi connectivity index (χ2n) is 5.26. The number of benzene rings is 1. The lowest BCUT2D eigenvalue weighted by atomic mass is 10.1. The minimum absolute atomic E-state index is 0.0920. The van der Waals surface area contributed by atoms with E-state index in [1.165, 1.54) is 12.1 Å². The Hall–Kier alpha value is -0.900. The van der Waals surface area contributed by atoms with E-state index in [1.807, 2.05) is 18.7 Å². The Morgan fingerprint density at radius 2 is 1.94 bits per heavy atom. The van der Waals surface area contributed by atoms with Crippen LogP contribution in [0, 0.1) is 5.82 Å². The first kappa shape index (κ1) is 13.5. The first-order chi connectivity index (χ1) is 8.38. The Bertz CT molecular complexity index is 434. The summed E-state index contributed by atoms with van der Waals surface area (Å²) in [6, 6.07) is 6.69. The van der Waals surface area contributed by atoms with Gasteiger partial charge in [0.25, 0.3) is 0 Å². The summed E-state index contributed by atoms with van der Waals surface area (Å²) < 4.78 is 12.3. The number of alkyl halides is 1. The first-order valence-electron chi connectivity index (χ1n) is 6.12. The summed E-state index contributed by atoms with van der Waals surface area (Å²) in [7, 11) is 0. The molecule has 0 bridgehead atoms. The lowest BCUT2D eigenvalue weighted by molar-refractivity contribution is -0.134. The Morgan fingerprint density at radius 1 is 1.39 bits per heavy atom. The highest BCUT2D eigenvalue weighted by Crippen LogP contribution is 2.32. The van der Waals surface area contributed by atoms with Crippen LogP contribution in [0.2, 0.25) is 0 Å². The van der Waals surface area contributed by atoms with Gasteiger partial charge in [0.1, 0.15) is 5.82 Å². The highest BCUT2D eigenvalue weighted by atomic mass is 79.9. The zero-order chi connectivity index (χ0) is 13.3. The highest BCUT2D eigenvalue weighted by molar-refractivity contribution is 9.10. The number of carbonyl (C=O) groups excluding carboxylic acids is 1. The third-order valence-electron chi connectivity index (χ3n) is 3.02. The monoisotopic (exact) mass is 313 g/mol. The van der Waals surface area contributed by atoms with Gasteiger partial charge in [0.05, 0.1) is 4.32 Å². The zero-order valence-corrected chi connectivity index (χ0v) is 12.2. The first-order valence-corrected chi connectivity index (χ1v) is 6.91. The van der Waals surface area contributed by atoms with Crippen molar-refractivity contribution in [1.29, 1.82) is 0 Å². The van der Waals surface area contributed by atoms with Crippen LogP contribution in [0.15, 0.2) is 24.3 Å². The highest BCUT2D eigenvalue weighted by Gasteiger charge is 2.38. The van der Waals surface area contributed by atoms with Crippen molar-refractivity contribution in [1.82, 2.24) is 4.90 Å². The Morgan fingerprint density at radius 3 is 2.39 bits per heavy atom. The van der Waals surface area contributed by atoms with Crippen molar-refractivity contribution in [2.75, 3.05) is 0 Å². The van der Waals surface area contributed by atoms with E-state index in [2.05, 4.69) is 15.9 Å². The topological polar surface area (TPSA) is 20.3 Å². The molecule has 0 heterocycles. The van der Waals surface area contributed by atoms with Gasteiger partial charge >= 0.3 is 0 Å². The number of hydrogen-bond acceptors (Lipinski definition) is 1. The van der Waals surface area contributed by atoms with Crippen molar-refractivity contribution in [3.05, 3.63) is 35.6 Å². The Labute approximate surface area is 115 Å².